The Balaban J connectivity index is 0.00000242. The number of hydrogen-bond donors (Lipinski definition) is 2. The lowest BCUT2D eigenvalue weighted by Gasteiger charge is -2.25. The summed E-state index contributed by atoms with van der Waals surface area (Å²) < 4.78 is 30.6. The van der Waals surface area contributed by atoms with Gasteiger partial charge in [0.1, 0.15) is 0 Å². The van der Waals surface area contributed by atoms with E-state index < -0.39 is 10.0 Å². The summed E-state index contributed by atoms with van der Waals surface area (Å²) in [4.78, 5) is 4.15. The average Bonchev–Trinajstić information content (AvgIpc) is 3.00. The molecular formula is C13H27IN4O3S. The van der Waals surface area contributed by atoms with Gasteiger partial charge in [0, 0.05) is 39.8 Å². The average molecular weight is 446 g/mol. The van der Waals surface area contributed by atoms with Crippen LogP contribution in [0.1, 0.15) is 26.2 Å². The predicted molar refractivity (Wildman–Crippen MR) is 98.3 cm³/mol. The molecule has 1 atom stereocenters. The molecule has 0 aliphatic carbocycles. The Morgan fingerprint density at radius 1 is 1.36 bits per heavy atom. The number of guanidine groups is 1. The standard InChI is InChI=1S/C13H26N4O3S.HI/c1-13(5-3-9-20-13)11-16-12(14-2)15-6-8-17-7-4-10-21(17,18)19;/h3-11H2,1-2H3,(H2,14,15,16);1H. The molecule has 0 aromatic rings. The van der Waals surface area contributed by atoms with Gasteiger partial charge < -0.3 is 15.4 Å². The van der Waals surface area contributed by atoms with Crippen molar-refractivity contribution in [2.24, 2.45) is 4.99 Å². The molecule has 7 nitrogen and oxygen atoms in total. The topological polar surface area (TPSA) is 83.0 Å². The van der Waals surface area contributed by atoms with Crippen LogP contribution in [-0.2, 0) is 14.8 Å². The van der Waals surface area contributed by atoms with Gasteiger partial charge >= 0.3 is 0 Å². The third-order valence-electron chi connectivity index (χ3n) is 4.01. The minimum Gasteiger partial charge on any atom is -0.373 e. The first-order valence-corrected chi connectivity index (χ1v) is 9.12. The van der Waals surface area contributed by atoms with E-state index >= 15 is 0 Å². The molecule has 2 N–H and O–H groups in total. The van der Waals surface area contributed by atoms with Crippen molar-refractivity contribution in [2.45, 2.75) is 31.8 Å². The Morgan fingerprint density at radius 3 is 2.68 bits per heavy atom. The first-order valence-electron chi connectivity index (χ1n) is 7.51. The van der Waals surface area contributed by atoms with Gasteiger partial charge in [-0.1, -0.05) is 0 Å². The molecule has 2 fully saturated rings. The molecule has 2 heterocycles. The maximum absolute atomic E-state index is 11.7. The van der Waals surface area contributed by atoms with Crippen molar-refractivity contribution in [3.8, 4) is 0 Å². The van der Waals surface area contributed by atoms with Crippen LogP contribution in [0.3, 0.4) is 0 Å². The third kappa shape index (κ3) is 5.50. The SMILES string of the molecule is CN=C(NCCN1CCCS1(=O)=O)NCC1(C)CCCO1.I. The summed E-state index contributed by atoms with van der Waals surface area (Å²) in [7, 11) is -1.31. The molecular weight excluding hydrogens is 419 g/mol. The van der Waals surface area contributed by atoms with Crippen LogP contribution in [0.5, 0.6) is 0 Å². The van der Waals surface area contributed by atoms with Crippen LogP contribution in [0.15, 0.2) is 4.99 Å². The molecule has 1 unspecified atom stereocenters. The Morgan fingerprint density at radius 2 is 2.14 bits per heavy atom. The maximum atomic E-state index is 11.7. The van der Waals surface area contributed by atoms with Gasteiger partial charge in [-0.05, 0) is 26.2 Å². The number of halogens is 1. The van der Waals surface area contributed by atoms with Crippen molar-refractivity contribution in [1.82, 2.24) is 14.9 Å². The monoisotopic (exact) mass is 446 g/mol. The molecule has 0 amide bonds. The smallest absolute Gasteiger partial charge is 0.214 e. The molecule has 0 saturated carbocycles. The highest BCUT2D eigenvalue weighted by molar-refractivity contribution is 14.0. The van der Waals surface area contributed by atoms with E-state index in [1.54, 1.807) is 7.05 Å². The van der Waals surface area contributed by atoms with E-state index in [4.69, 9.17) is 4.74 Å². The minimum atomic E-state index is -3.01. The summed E-state index contributed by atoms with van der Waals surface area (Å²) in [6.07, 6.45) is 2.87. The van der Waals surface area contributed by atoms with E-state index in [0.717, 1.165) is 25.9 Å². The summed E-state index contributed by atoms with van der Waals surface area (Å²) in [6, 6.07) is 0. The fraction of sp³-hybridized carbons (Fsp3) is 0.923. The lowest BCUT2D eigenvalue weighted by molar-refractivity contribution is 0.0243. The minimum absolute atomic E-state index is 0. The lowest BCUT2D eigenvalue weighted by Crippen LogP contribution is -2.47. The molecule has 22 heavy (non-hydrogen) atoms. The Kier molecular flexibility index (Phi) is 7.83. The summed E-state index contributed by atoms with van der Waals surface area (Å²) in [5, 5.41) is 6.40. The second-order valence-electron chi connectivity index (χ2n) is 5.82. The zero-order valence-corrected chi connectivity index (χ0v) is 16.4. The van der Waals surface area contributed by atoms with E-state index in [-0.39, 0.29) is 35.3 Å². The van der Waals surface area contributed by atoms with Crippen LogP contribution in [0.4, 0.5) is 0 Å². The van der Waals surface area contributed by atoms with Crippen molar-refractivity contribution >= 4 is 40.0 Å². The molecule has 0 spiro atoms. The van der Waals surface area contributed by atoms with Gasteiger partial charge in [0.05, 0.1) is 11.4 Å². The second-order valence-corrected chi connectivity index (χ2v) is 7.91. The van der Waals surface area contributed by atoms with Gasteiger partial charge in [0.25, 0.3) is 0 Å². The summed E-state index contributed by atoms with van der Waals surface area (Å²) in [5.41, 5.74) is -0.129. The van der Waals surface area contributed by atoms with E-state index in [1.165, 1.54) is 4.31 Å². The van der Waals surface area contributed by atoms with Crippen LogP contribution in [0, 0.1) is 0 Å². The number of ether oxygens (including phenoxy) is 1. The molecule has 2 rings (SSSR count). The van der Waals surface area contributed by atoms with Crippen molar-refractivity contribution in [1.29, 1.82) is 0 Å². The van der Waals surface area contributed by atoms with Crippen molar-refractivity contribution < 1.29 is 13.2 Å². The summed E-state index contributed by atoms with van der Waals surface area (Å²) in [5.74, 6) is 0.957. The van der Waals surface area contributed by atoms with Gasteiger partial charge in [0.2, 0.25) is 10.0 Å². The second kappa shape index (κ2) is 8.65. The highest BCUT2D eigenvalue weighted by atomic mass is 127. The number of nitrogens with zero attached hydrogens (tertiary/aromatic N) is 2. The normalized spacial score (nSPS) is 28.4. The summed E-state index contributed by atoms with van der Waals surface area (Å²) >= 11 is 0. The van der Waals surface area contributed by atoms with Crippen LogP contribution in [0.25, 0.3) is 0 Å². The largest absolute Gasteiger partial charge is 0.373 e. The highest BCUT2D eigenvalue weighted by Crippen LogP contribution is 2.23. The number of nitrogens with one attached hydrogen (secondary N) is 2. The van der Waals surface area contributed by atoms with Crippen LogP contribution in [-0.4, -0.2) is 69.9 Å². The van der Waals surface area contributed by atoms with E-state index in [0.29, 0.717) is 32.1 Å². The zero-order chi connectivity index (χ0) is 15.3. The molecule has 0 bridgehead atoms. The molecule has 2 aliphatic heterocycles. The maximum Gasteiger partial charge on any atom is 0.214 e. The van der Waals surface area contributed by atoms with Crippen molar-refractivity contribution in [3.05, 3.63) is 0 Å². The quantitative estimate of drug-likeness (QED) is 0.363. The van der Waals surface area contributed by atoms with Gasteiger partial charge in [-0.15, -0.1) is 24.0 Å². The van der Waals surface area contributed by atoms with Crippen molar-refractivity contribution in [2.75, 3.05) is 45.6 Å². The first-order chi connectivity index (χ1) is 9.95. The molecule has 9 heteroatoms. The van der Waals surface area contributed by atoms with Gasteiger partial charge in [-0.3, -0.25) is 4.99 Å². The van der Waals surface area contributed by atoms with Crippen LogP contribution < -0.4 is 10.6 Å². The number of hydrogen-bond acceptors (Lipinski definition) is 4. The fourth-order valence-corrected chi connectivity index (χ4v) is 4.24. The first kappa shape index (κ1) is 19.9. The Bertz CT molecular complexity index is 478. The van der Waals surface area contributed by atoms with Gasteiger partial charge in [-0.2, -0.15) is 0 Å². The fourth-order valence-electron chi connectivity index (χ4n) is 2.71. The Labute approximate surface area is 150 Å². The number of rotatable bonds is 5. The number of aliphatic imine (C=N–C) groups is 1. The van der Waals surface area contributed by atoms with Gasteiger partial charge in [-0.25, -0.2) is 12.7 Å². The molecule has 0 aromatic carbocycles. The molecule has 2 aliphatic rings. The van der Waals surface area contributed by atoms with E-state index in [1.807, 2.05) is 0 Å². The summed E-state index contributed by atoms with van der Waals surface area (Å²) in [6.45, 7) is 5.28. The van der Waals surface area contributed by atoms with Crippen LogP contribution in [0.2, 0.25) is 0 Å². The van der Waals surface area contributed by atoms with Gasteiger partial charge in [0.15, 0.2) is 5.96 Å². The molecule has 0 radical (unpaired) electrons. The van der Waals surface area contributed by atoms with Crippen LogP contribution >= 0.6 is 24.0 Å². The molecule has 130 valence electrons. The zero-order valence-electron chi connectivity index (χ0n) is 13.3. The van der Waals surface area contributed by atoms with Crippen molar-refractivity contribution in [3.63, 3.8) is 0 Å². The molecule has 2 saturated heterocycles. The highest BCUT2D eigenvalue weighted by Gasteiger charge is 2.30. The van der Waals surface area contributed by atoms with E-state index in [9.17, 15) is 8.42 Å². The lowest BCUT2D eigenvalue weighted by atomic mass is 10.0. The third-order valence-corrected chi connectivity index (χ3v) is 5.97. The van der Waals surface area contributed by atoms with E-state index in [2.05, 4.69) is 22.5 Å². The molecule has 0 aromatic heterocycles. The predicted octanol–water partition coefficient (Wildman–Crippen LogP) is 0.374. The number of sulfonamides is 1. The Hall–Kier alpha value is -0.130.